The molecular formula is C14H19ClO3S. The normalized spacial score (nSPS) is 17.3. The molecule has 1 atom stereocenters. The van der Waals surface area contributed by atoms with E-state index in [0.717, 1.165) is 17.9 Å². The molecule has 0 saturated heterocycles. The predicted molar refractivity (Wildman–Crippen MR) is 77.0 cm³/mol. The van der Waals surface area contributed by atoms with Crippen molar-refractivity contribution in [3.8, 4) is 0 Å². The minimum Gasteiger partial charge on any atom is -0.381 e. The van der Waals surface area contributed by atoms with Crippen molar-refractivity contribution in [2.75, 3.05) is 19.0 Å². The summed E-state index contributed by atoms with van der Waals surface area (Å²) in [5.41, 5.74) is 0.957. The van der Waals surface area contributed by atoms with Crippen LogP contribution < -0.4 is 0 Å². The Labute approximate surface area is 119 Å². The average molecular weight is 303 g/mol. The Morgan fingerprint density at radius 1 is 1.26 bits per heavy atom. The third kappa shape index (κ3) is 5.93. The van der Waals surface area contributed by atoms with Gasteiger partial charge < -0.3 is 4.74 Å². The fourth-order valence-corrected chi connectivity index (χ4v) is 3.31. The number of hydrogen-bond donors (Lipinski definition) is 0. The number of benzene rings is 1. The zero-order valence-electron chi connectivity index (χ0n) is 10.8. The van der Waals surface area contributed by atoms with Gasteiger partial charge >= 0.3 is 0 Å². The lowest BCUT2D eigenvalue weighted by molar-refractivity contribution is 0.118. The molecule has 2 rings (SSSR count). The first-order valence-electron chi connectivity index (χ1n) is 6.59. The second-order valence-corrected chi connectivity index (χ2v) is 7.94. The van der Waals surface area contributed by atoms with Crippen LogP contribution in [0.3, 0.4) is 0 Å². The van der Waals surface area contributed by atoms with Crippen LogP contribution in [0.25, 0.3) is 0 Å². The van der Waals surface area contributed by atoms with E-state index in [0.29, 0.717) is 13.2 Å². The molecule has 0 aliphatic heterocycles. The molecule has 0 heterocycles. The van der Waals surface area contributed by atoms with Crippen LogP contribution in [0.5, 0.6) is 0 Å². The number of ether oxygens (including phenoxy) is 1. The Morgan fingerprint density at radius 3 is 2.53 bits per heavy atom. The molecule has 1 aliphatic rings. The van der Waals surface area contributed by atoms with E-state index >= 15 is 0 Å². The number of rotatable bonds is 8. The lowest BCUT2D eigenvalue weighted by atomic mass is 10.0. The summed E-state index contributed by atoms with van der Waals surface area (Å²) in [5.74, 6) is 0.553. The molecule has 1 saturated carbocycles. The molecule has 1 aromatic carbocycles. The molecule has 1 fully saturated rings. The third-order valence-electron chi connectivity index (χ3n) is 3.36. The summed E-state index contributed by atoms with van der Waals surface area (Å²) in [6.07, 6.45) is 3.69. The maximum Gasteiger partial charge on any atom is 0.233 e. The second-order valence-electron chi connectivity index (χ2n) is 5.12. The van der Waals surface area contributed by atoms with Crippen LogP contribution in [0.1, 0.15) is 30.7 Å². The highest BCUT2D eigenvalue weighted by Crippen LogP contribution is 2.32. The highest BCUT2D eigenvalue weighted by atomic mass is 35.7. The van der Waals surface area contributed by atoms with E-state index in [1.165, 1.54) is 12.8 Å². The van der Waals surface area contributed by atoms with Crippen LogP contribution in [0.4, 0.5) is 0 Å². The zero-order chi connectivity index (χ0) is 13.7. The summed E-state index contributed by atoms with van der Waals surface area (Å²) in [5, 5.41) is 0. The fraction of sp³-hybridized carbons (Fsp3) is 0.571. The van der Waals surface area contributed by atoms with Gasteiger partial charge in [0.15, 0.2) is 0 Å². The number of hydrogen-bond acceptors (Lipinski definition) is 3. The van der Waals surface area contributed by atoms with E-state index in [4.69, 9.17) is 15.4 Å². The zero-order valence-corrected chi connectivity index (χ0v) is 12.4. The molecule has 0 bridgehead atoms. The van der Waals surface area contributed by atoms with Crippen molar-refractivity contribution in [3.63, 3.8) is 0 Å². The number of halogens is 1. The summed E-state index contributed by atoms with van der Waals surface area (Å²) >= 11 is 0. The fourth-order valence-electron chi connectivity index (χ4n) is 2.09. The summed E-state index contributed by atoms with van der Waals surface area (Å²) in [6.45, 7) is 1.11. The monoisotopic (exact) mass is 302 g/mol. The molecule has 0 radical (unpaired) electrons. The van der Waals surface area contributed by atoms with Gasteiger partial charge in [0.2, 0.25) is 9.05 Å². The van der Waals surface area contributed by atoms with Gasteiger partial charge in [-0.15, -0.1) is 0 Å². The SMILES string of the molecule is O=S(=O)(Cl)CC(COCCC1CC1)c1ccccc1. The highest BCUT2D eigenvalue weighted by molar-refractivity contribution is 8.13. The van der Waals surface area contributed by atoms with E-state index < -0.39 is 9.05 Å². The average Bonchev–Trinajstić information content (AvgIpc) is 3.17. The van der Waals surface area contributed by atoms with Crippen LogP contribution in [0, 0.1) is 5.92 Å². The van der Waals surface area contributed by atoms with Crippen molar-refractivity contribution < 1.29 is 13.2 Å². The van der Waals surface area contributed by atoms with Gasteiger partial charge in [-0.25, -0.2) is 8.42 Å². The van der Waals surface area contributed by atoms with Gasteiger partial charge in [-0.3, -0.25) is 0 Å². The standard InChI is InChI=1S/C14H19ClO3S/c15-19(16,17)11-14(13-4-2-1-3-5-13)10-18-9-8-12-6-7-12/h1-5,12,14H,6-11H2. The summed E-state index contributed by atoms with van der Waals surface area (Å²) in [4.78, 5) is 0. The molecule has 1 aromatic rings. The molecule has 0 aromatic heterocycles. The minimum atomic E-state index is -3.52. The molecule has 1 aliphatic carbocycles. The van der Waals surface area contributed by atoms with Crippen molar-refractivity contribution in [3.05, 3.63) is 35.9 Å². The van der Waals surface area contributed by atoms with Gasteiger partial charge in [0, 0.05) is 23.2 Å². The first-order chi connectivity index (χ1) is 9.04. The molecule has 3 nitrogen and oxygen atoms in total. The van der Waals surface area contributed by atoms with Gasteiger partial charge in [-0.2, -0.15) is 0 Å². The lowest BCUT2D eigenvalue weighted by Gasteiger charge is -2.16. The van der Waals surface area contributed by atoms with Gasteiger partial charge in [0.1, 0.15) is 0 Å². The Kier molecular flexibility index (Phi) is 5.25. The second kappa shape index (κ2) is 6.73. The summed E-state index contributed by atoms with van der Waals surface area (Å²) in [6, 6.07) is 9.53. The van der Waals surface area contributed by atoms with E-state index in [1.54, 1.807) is 0 Å². The molecule has 106 valence electrons. The topological polar surface area (TPSA) is 43.4 Å². The van der Waals surface area contributed by atoms with E-state index in [2.05, 4.69) is 0 Å². The maximum atomic E-state index is 11.3. The largest absolute Gasteiger partial charge is 0.381 e. The third-order valence-corrected chi connectivity index (χ3v) is 4.54. The van der Waals surface area contributed by atoms with E-state index in [9.17, 15) is 8.42 Å². The Bertz CT molecular complexity index is 483. The van der Waals surface area contributed by atoms with Crippen molar-refractivity contribution in [1.82, 2.24) is 0 Å². The van der Waals surface area contributed by atoms with Crippen LogP contribution in [0.2, 0.25) is 0 Å². The Balaban J connectivity index is 1.89. The van der Waals surface area contributed by atoms with E-state index in [-0.39, 0.29) is 11.7 Å². The van der Waals surface area contributed by atoms with Crippen molar-refractivity contribution >= 4 is 19.7 Å². The first-order valence-corrected chi connectivity index (χ1v) is 9.07. The first kappa shape index (κ1) is 14.8. The van der Waals surface area contributed by atoms with Gasteiger partial charge in [-0.05, 0) is 17.9 Å². The van der Waals surface area contributed by atoms with Crippen molar-refractivity contribution in [2.45, 2.75) is 25.2 Å². The smallest absolute Gasteiger partial charge is 0.233 e. The van der Waals surface area contributed by atoms with Gasteiger partial charge in [0.25, 0.3) is 0 Å². The maximum absolute atomic E-state index is 11.3. The van der Waals surface area contributed by atoms with Crippen LogP contribution in [-0.4, -0.2) is 27.4 Å². The van der Waals surface area contributed by atoms with Gasteiger partial charge in [0.05, 0.1) is 12.4 Å². The summed E-state index contributed by atoms with van der Waals surface area (Å²) in [7, 11) is 1.85. The quantitative estimate of drug-likeness (QED) is 0.547. The molecule has 1 unspecified atom stereocenters. The highest BCUT2D eigenvalue weighted by Gasteiger charge is 2.22. The van der Waals surface area contributed by atoms with Crippen LogP contribution in [0.15, 0.2) is 30.3 Å². The van der Waals surface area contributed by atoms with Crippen LogP contribution in [-0.2, 0) is 13.8 Å². The minimum absolute atomic E-state index is 0.0814. The molecule has 0 spiro atoms. The molecular weight excluding hydrogens is 284 g/mol. The predicted octanol–water partition coefficient (Wildman–Crippen LogP) is 3.16. The molecule has 0 N–H and O–H groups in total. The molecule has 19 heavy (non-hydrogen) atoms. The van der Waals surface area contributed by atoms with E-state index in [1.807, 2.05) is 30.3 Å². The van der Waals surface area contributed by atoms with Crippen LogP contribution >= 0.6 is 10.7 Å². The molecule has 5 heteroatoms. The van der Waals surface area contributed by atoms with Gasteiger partial charge in [-0.1, -0.05) is 43.2 Å². The lowest BCUT2D eigenvalue weighted by Crippen LogP contribution is -2.16. The van der Waals surface area contributed by atoms with Crippen molar-refractivity contribution in [1.29, 1.82) is 0 Å². The Hall–Kier alpha value is -0.580. The summed E-state index contributed by atoms with van der Waals surface area (Å²) < 4.78 is 28.2. The van der Waals surface area contributed by atoms with Crippen molar-refractivity contribution in [2.24, 2.45) is 5.92 Å². The molecule has 0 amide bonds. The Morgan fingerprint density at radius 2 is 1.95 bits per heavy atom.